The highest BCUT2D eigenvalue weighted by Crippen LogP contribution is 2.51. The predicted molar refractivity (Wildman–Crippen MR) is 99.3 cm³/mol. The lowest BCUT2D eigenvalue weighted by molar-refractivity contribution is -0.177. The molecule has 6 rings (SSSR count). The molecule has 0 aromatic carbocycles. The Morgan fingerprint density at radius 1 is 1.17 bits per heavy atom. The number of fused-ring (bicyclic) bond motifs is 2. The number of rotatable bonds is 4. The molecule has 1 saturated carbocycles. The van der Waals surface area contributed by atoms with Crippen LogP contribution < -0.4 is 0 Å². The van der Waals surface area contributed by atoms with Crippen LogP contribution in [0.25, 0.3) is 5.65 Å². The van der Waals surface area contributed by atoms with Crippen molar-refractivity contribution < 1.29 is 14.3 Å². The molecular formula is C20H20N6O3. The fraction of sp³-hybridized carbons (Fsp3) is 0.450. The van der Waals surface area contributed by atoms with Crippen molar-refractivity contribution >= 4 is 11.6 Å². The van der Waals surface area contributed by atoms with Crippen molar-refractivity contribution in [3.63, 3.8) is 0 Å². The minimum Gasteiger partial charge on any atom is -0.373 e. The van der Waals surface area contributed by atoms with Crippen molar-refractivity contribution in [2.75, 3.05) is 0 Å². The minimum atomic E-state index is -0.741. The van der Waals surface area contributed by atoms with E-state index in [1.54, 1.807) is 35.5 Å². The summed E-state index contributed by atoms with van der Waals surface area (Å²) in [4.78, 5) is 28.0. The maximum Gasteiger partial charge on any atom is 0.257 e. The zero-order valence-corrected chi connectivity index (χ0v) is 15.7. The average Bonchev–Trinajstić information content (AvgIpc) is 3.40. The van der Waals surface area contributed by atoms with Crippen LogP contribution in [-0.2, 0) is 20.9 Å². The summed E-state index contributed by atoms with van der Waals surface area (Å²) >= 11 is 0. The molecule has 2 atom stereocenters. The lowest BCUT2D eigenvalue weighted by Gasteiger charge is -2.42. The highest BCUT2D eigenvalue weighted by atomic mass is 16.6. The molecule has 29 heavy (non-hydrogen) atoms. The molecule has 1 unspecified atom stereocenters. The first kappa shape index (κ1) is 17.0. The molecule has 3 aromatic heterocycles. The Labute approximate surface area is 166 Å². The topological polar surface area (TPSA) is 94.7 Å². The molecule has 148 valence electrons. The Bertz CT molecular complexity index is 1060. The summed E-state index contributed by atoms with van der Waals surface area (Å²) < 4.78 is 14.0. The van der Waals surface area contributed by atoms with Crippen LogP contribution in [0.5, 0.6) is 0 Å². The second-order valence-electron chi connectivity index (χ2n) is 7.90. The molecule has 3 aromatic rings. The Morgan fingerprint density at radius 3 is 2.97 bits per heavy atom. The summed E-state index contributed by atoms with van der Waals surface area (Å²) in [6.07, 6.45) is 13.1. The Hall–Kier alpha value is -2.91. The molecular weight excluding hydrogens is 372 g/mol. The number of hydrogen-bond acceptors (Lipinski definition) is 7. The second-order valence-corrected chi connectivity index (χ2v) is 7.90. The summed E-state index contributed by atoms with van der Waals surface area (Å²) in [6, 6.07) is 1.79. The van der Waals surface area contributed by atoms with Crippen LogP contribution in [0, 0.1) is 0 Å². The fourth-order valence-corrected chi connectivity index (χ4v) is 4.74. The standard InChI is InChI=1S/C20H20N6O3/c27-19-20(29-17-3-2-16(26(17)19)15-11-21-5-6-22-15)8-14(9-20)28-12-13-10-24-25-7-1-4-23-18(13)25/h1,4-7,10-11,14,16-17H,2-3,8-9,12H2/t14?,16-,17?,20?/m0/s1. The minimum absolute atomic E-state index is 0.00685. The first-order valence-electron chi connectivity index (χ1n) is 9.89. The molecule has 0 radical (unpaired) electrons. The number of hydrogen-bond donors (Lipinski definition) is 0. The molecule has 2 aliphatic heterocycles. The number of aromatic nitrogens is 5. The molecule has 2 saturated heterocycles. The molecule has 1 aliphatic carbocycles. The maximum atomic E-state index is 13.2. The summed E-state index contributed by atoms with van der Waals surface area (Å²) in [5, 5.41) is 4.28. The highest BCUT2D eigenvalue weighted by Gasteiger charge is 2.63. The van der Waals surface area contributed by atoms with Crippen LogP contribution in [0.2, 0.25) is 0 Å². The van der Waals surface area contributed by atoms with Crippen LogP contribution in [0.3, 0.4) is 0 Å². The van der Waals surface area contributed by atoms with E-state index in [0.717, 1.165) is 29.7 Å². The van der Waals surface area contributed by atoms with E-state index in [9.17, 15) is 4.79 Å². The van der Waals surface area contributed by atoms with Gasteiger partial charge in [-0.15, -0.1) is 0 Å². The van der Waals surface area contributed by atoms with Crippen LogP contribution in [0.1, 0.15) is 43.0 Å². The van der Waals surface area contributed by atoms with Gasteiger partial charge in [0.2, 0.25) is 0 Å². The van der Waals surface area contributed by atoms with E-state index in [-0.39, 0.29) is 24.3 Å². The van der Waals surface area contributed by atoms with Crippen LogP contribution in [-0.4, -0.2) is 53.3 Å². The first-order valence-corrected chi connectivity index (χ1v) is 9.89. The van der Waals surface area contributed by atoms with Gasteiger partial charge in [0.05, 0.1) is 36.8 Å². The van der Waals surface area contributed by atoms with Crippen molar-refractivity contribution in [2.24, 2.45) is 0 Å². The Morgan fingerprint density at radius 2 is 2.10 bits per heavy atom. The Balaban J connectivity index is 1.12. The van der Waals surface area contributed by atoms with Crippen molar-refractivity contribution in [1.29, 1.82) is 0 Å². The lowest BCUT2D eigenvalue weighted by Crippen LogP contribution is -2.54. The van der Waals surface area contributed by atoms with Crippen molar-refractivity contribution in [3.05, 3.63) is 54.5 Å². The normalized spacial score (nSPS) is 30.8. The van der Waals surface area contributed by atoms with E-state index in [4.69, 9.17) is 9.47 Å². The number of amides is 1. The molecule has 1 spiro atoms. The van der Waals surface area contributed by atoms with E-state index in [2.05, 4.69) is 20.1 Å². The van der Waals surface area contributed by atoms with Crippen LogP contribution >= 0.6 is 0 Å². The van der Waals surface area contributed by atoms with Gasteiger partial charge in [0.1, 0.15) is 6.23 Å². The molecule has 9 nitrogen and oxygen atoms in total. The molecule has 0 N–H and O–H groups in total. The highest BCUT2D eigenvalue weighted by molar-refractivity contribution is 5.89. The number of carbonyl (C=O) groups excluding carboxylic acids is 1. The predicted octanol–water partition coefficient (Wildman–Crippen LogP) is 1.66. The lowest BCUT2D eigenvalue weighted by atomic mass is 9.76. The maximum absolute atomic E-state index is 13.2. The largest absolute Gasteiger partial charge is 0.373 e. The van der Waals surface area contributed by atoms with Gasteiger partial charge in [0.15, 0.2) is 11.2 Å². The average molecular weight is 392 g/mol. The van der Waals surface area contributed by atoms with E-state index in [1.165, 1.54) is 0 Å². The smallest absolute Gasteiger partial charge is 0.257 e. The zero-order chi connectivity index (χ0) is 19.4. The van der Waals surface area contributed by atoms with Crippen molar-refractivity contribution in [1.82, 2.24) is 29.5 Å². The van der Waals surface area contributed by atoms with E-state index >= 15 is 0 Å². The van der Waals surface area contributed by atoms with Crippen LogP contribution in [0.4, 0.5) is 0 Å². The molecule has 9 heteroatoms. The van der Waals surface area contributed by atoms with Gasteiger partial charge in [-0.1, -0.05) is 0 Å². The third-order valence-corrected chi connectivity index (χ3v) is 6.19. The monoisotopic (exact) mass is 392 g/mol. The van der Waals surface area contributed by atoms with Gasteiger partial charge < -0.3 is 14.4 Å². The van der Waals surface area contributed by atoms with E-state index < -0.39 is 5.60 Å². The molecule has 3 fully saturated rings. The fourth-order valence-electron chi connectivity index (χ4n) is 4.74. The van der Waals surface area contributed by atoms with E-state index in [1.807, 2.05) is 17.2 Å². The quantitative estimate of drug-likeness (QED) is 0.666. The molecule has 1 amide bonds. The van der Waals surface area contributed by atoms with Gasteiger partial charge in [-0.25, -0.2) is 9.50 Å². The van der Waals surface area contributed by atoms with Gasteiger partial charge in [0, 0.05) is 43.2 Å². The molecule has 3 aliphatic rings. The molecule has 0 bridgehead atoms. The Kier molecular flexibility index (Phi) is 3.69. The number of carbonyl (C=O) groups is 1. The first-order chi connectivity index (χ1) is 14.2. The zero-order valence-electron chi connectivity index (χ0n) is 15.7. The van der Waals surface area contributed by atoms with E-state index in [0.29, 0.717) is 19.4 Å². The third kappa shape index (κ3) is 2.57. The van der Waals surface area contributed by atoms with Gasteiger partial charge in [0.25, 0.3) is 5.91 Å². The van der Waals surface area contributed by atoms with Gasteiger partial charge >= 0.3 is 0 Å². The second kappa shape index (κ2) is 6.30. The van der Waals surface area contributed by atoms with Gasteiger partial charge in [-0.3, -0.25) is 14.8 Å². The summed E-state index contributed by atoms with van der Waals surface area (Å²) in [6.45, 7) is 0.421. The summed E-state index contributed by atoms with van der Waals surface area (Å²) in [7, 11) is 0. The number of ether oxygens (including phenoxy) is 2. The summed E-state index contributed by atoms with van der Waals surface area (Å²) in [5.74, 6) is 0.0631. The van der Waals surface area contributed by atoms with Crippen molar-refractivity contribution in [2.45, 2.75) is 56.3 Å². The molecule has 5 heterocycles. The SMILES string of the molecule is O=C1N2C(CC[C@H]2c2cnccn2)OC12CC(OCc1cnn3cccnc13)C2. The van der Waals surface area contributed by atoms with Crippen molar-refractivity contribution in [3.8, 4) is 0 Å². The summed E-state index contributed by atoms with van der Waals surface area (Å²) in [5.41, 5.74) is 1.82. The van der Waals surface area contributed by atoms with Gasteiger partial charge in [-0.05, 0) is 18.9 Å². The van der Waals surface area contributed by atoms with Crippen LogP contribution in [0.15, 0.2) is 43.2 Å². The number of nitrogens with zero attached hydrogens (tertiary/aromatic N) is 6. The van der Waals surface area contributed by atoms with Gasteiger partial charge in [-0.2, -0.15) is 5.10 Å². The third-order valence-electron chi connectivity index (χ3n) is 6.19.